The molecule has 11 heavy (non-hydrogen) atoms. The molecular formula is C9H12N2. The van der Waals surface area contributed by atoms with E-state index in [9.17, 15) is 0 Å². The van der Waals surface area contributed by atoms with Crippen molar-refractivity contribution in [3.8, 4) is 0 Å². The Kier molecular flexibility index (Phi) is 1.64. The smallest absolute Gasteiger partial charge is 0.0447 e. The quantitative estimate of drug-likeness (QED) is 0.609. The Balaban J connectivity index is 2.19. The van der Waals surface area contributed by atoms with Gasteiger partial charge in [0.25, 0.3) is 0 Å². The Labute approximate surface area is 66.4 Å². The summed E-state index contributed by atoms with van der Waals surface area (Å²) in [7, 11) is 0. The monoisotopic (exact) mass is 148 g/mol. The first-order chi connectivity index (χ1) is 5.40. The van der Waals surface area contributed by atoms with Crippen molar-refractivity contribution in [2.75, 3.05) is 6.54 Å². The highest BCUT2D eigenvalue weighted by molar-refractivity contribution is 5.27. The molecule has 3 N–H and O–H groups in total. The van der Waals surface area contributed by atoms with Crippen molar-refractivity contribution in [3.05, 3.63) is 35.4 Å². The summed E-state index contributed by atoms with van der Waals surface area (Å²) >= 11 is 0. The SMILES string of the molecule is NCc1ccc(C2CN2)cc1. The van der Waals surface area contributed by atoms with Gasteiger partial charge < -0.3 is 11.1 Å². The largest absolute Gasteiger partial charge is 0.326 e. The van der Waals surface area contributed by atoms with Crippen LogP contribution in [0.3, 0.4) is 0 Å². The van der Waals surface area contributed by atoms with Crippen molar-refractivity contribution in [1.82, 2.24) is 5.32 Å². The standard InChI is InChI=1S/C9H12N2/c10-5-7-1-3-8(4-2-7)9-6-11-9/h1-4,9,11H,5-6,10H2. The van der Waals surface area contributed by atoms with Crippen molar-refractivity contribution in [2.24, 2.45) is 5.73 Å². The first-order valence-electron chi connectivity index (χ1n) is 3.92. The second-order valence-corrected chi connectivity index (χ2v) is 2.91. The maximum atomic E-state index is 5.48. The molecule has 1 aliphatic heterocycles. The van der Waals surface area contributed by atoms with Gasteiger partial charge in [-0.3, -0.25) is 0 Å². The predicted octanol–water partition coefficient (Wildman–Crippen LogP) is 0.790. The number of hydrogen-bond donors (Lipinski definition) is 2. The summed E-state index contributed by atoms with van der Waals surface area (Å²) in [4.78, 5) is 0. The van der Waals surface area contributed by atoms with Gasteiger partial charge in [0, 0.05) is 19.1 Å². The summed E-state index contributed by atoms with van der Waals surface area (Å²) in [5, 5.41) is 3.26. The number of nitrogens with one attached hydrogen (secondary N) is 1. The lowest BCUT2D eigenvalue weighted by Gasteiger charge is -1.98. The molecule has 0 aromatic heterocycles. The van der Waals surface area contributed by atoms with Crippen LogP contribution in [0.4, 0.5) is 0 Å². The average Bonchev–Trinajstić information content (AvgIpc) is 2.87. The summed E-state index contributed by atoms with van der Waals surface area (Å²) < 4.78 is 0. The van der Waals surface area contributed by atoms with Crippen LogP contribution in [0, 0.1) is 0 Å². The number of nitrogens with two attached hydrogens (primary N) is 1. The molecule has 1 atom stereocenters. The van der Waals surface area contributed by atoms with Gasteiger partial charge in [0.1, 0.15) is 0 Å². The molecule has 2 rings (SSSR count). The van der Waals surface area contributed by atoms with Crippen molar-refractivity contribution < 1.29 is 0 Å². The number of hydrogen-bond acceptors (Lipinski definition) is 2. The Morgan fingerprint density at radius 2 is 2.00 bits per heavy atom. The summed E-state index contributed by atoms with van der Waals surface area (Å²) in [5.41, 5.74) is 8.06. The topological polar surface area (TPSA) is 48.0 Å². The first-order valence-corrected chi connectivity index (χ1v) is 3.92. The van der Waals surface area contributed by atoms with E-state index in [0.29, 0.717) is 12.6 Å². The molecule has 0 amide bonds. The van der Waals surface area contributed by atoms with Crippen molar-refractivity contribution in [3.63, 3.8) is 0 Å². The molecule has 0 bridgehead atoms. The highest BCUT2D eigenvalue weighted by Gasteiger charge is 2.21. The third-order valence-corrected chi connectivity index (χ3v) is 2.03. The molecule has 1 unspecified atom stereocenters. The second kappa shape index (κ2) is 2.64. The predicted molar refractivity (Wildman–Crippen MR) is 45.1 cm³/mol. The van der Waals surface area contributed by atoms with E-state index in [4.69, 9.17) is 5.73 Å². The molecule has 0 aliphatic carbocycles. The van der Waals surface area contributed by atoms with Crippen molar-refractivity contribution >= 4 is 0 Å². The van der Waals surface area contributed by atoms with Gasteiger partial charge in [-0.2, -0.15) is 0 Å². The normalized spacial score (nSPS) is 21.7. The molecule has 1 aromatic rings. The van der Waals surface area contributed by atoms with Gasteiger partial charge in [-0.05, 0) is 11.1 Å². The Hall–Kier alpha value is -0.860. The fraction of sp³-hybridized carbons (Fsp3) is 0.333. The van der Waals surface area contributed by atoms with E-state index < -0.39 is 0 Å². The summed E-state index contributed by atoms with van der Waals surface area (Å²) in [6, 6.07) is 9.09. The van der Waals surface area contributed by atoms with Crippen LogP contribution in [0.5, 0.6) is 0 Å². The Morgan fingerprint density at radius 1 is 1.36 bits per heavy atom. The van der Waals surface area contributed by atoms with Gasteiger partial charge >= 0.3 is 0 Å². The molecule has 0 saturated carbocycles. The summed E-state index contributed by atoms with van der Waals surface area (Å²) in [6.07, 6.45) is 0. The maximum Gasteiger partial charge on any atom is 0.0447 e. The van der Waals surface area contributed by atoms with Crippen LogP contribution in [0.1, 0.15) is 17.2 Å². The van der Waals surface area contributed by atoms with Crippen LogP contribution in [0.15, 0.2) is 24.3 Å². The zero-order chi connectivity index (χ0) is 7.68. The summed E-state index contributed by atoms with van der Waals surface area (Å²) in [5.74, 6) is 0. The van der Waals surface area contributed by atoms with E-state index in [-0.39, 0.29) is 0 Å². The highest BCUT2D eigenvalue weighted by Crippen LogP contribution is 2.21. The van der Waals surface area contributed by atoms with Crippen molar-refractivity contribution in [2.45, 2.75) is 12.6 Å². The van der Waals surface area contributed by atoms with Crippen molar-refractivity contribution in [1.29, 1.82) is 0 Å². The minimum Gasteiger partial charge on any atom is -0.326 e. The molecule has 1 fully saturated rings. The number of benzene rings is 1. The van der Waals surface area contributed by atoms with Crippen LogP contribution in [0.25, 0.3) is 0 Å². The lowest BCUT2D eigenvalue weighted by Crippen LogP contribution is -1.95. The third-order valence-electron chi connectivity index (χ3n) is 2.03. The molecule has 1 aromatic carbocycles. The maximum absolute atomic E-state index is 5.48. The van der Waals surface area contributed by atoms with Gasteiger partial charge in [0.15, 0.2) is 0 Å². The molecule has 1 saturated heterocycles. The lowest BCUT2D eigenvalue weighted by molar-refractivity contribution is 1.04. The lowest BCUT2D eigenvalue weighted by atomic mass is 10.1. The zero-order valence-electron chi connectivity index (χ0n) is 6.38. The van der Waals surface area contributed by atoms with E-state index in [1.54, 1.807) is 0 Å². The molecule has 1 heterocycles. The van der Waals surface area contributed by atoms with E-state index in [1.807, 2.05) is 0 Å². The molecule has 0 spiro atoms. The molecule has 2 nitrogen and oxygen atoms in total. The zero-order valence-corrected chi connectivity index (χ0v) is 6.38. The third kappa shape index (κ3) is 1.42. The molecule has 0 radical (unpaired) electrons. The molecule has 2 heteroatoms. The fourth-order valence-corrected chi connectivity index (χ4v) is 1.18. The highest BCUT2D eigenvalue weighted by atomic mass is 15.1. The minimum atomic E-state index is 0.613. The molecule has 58 valence electrons. The van der Waals surface area contributed by atoms with Crippen LogP contribution in [0.2, 0.25) is 0 Å². The minimum absolute atomic E-state index is 0.613. The van der Waals surface area contributed by atoms with Gasteiger partial charge in [-0.1, -0.05) is 24.3 Å². The van der Waals surface area contributed by atoms with Crippen LogP contribution in [-0.2, 0) is 6.54 Å². The first kappa shape index (κ1) is 6.83. The Bertz CT molecular complexity index is 236. The molecular weight excluding hydrogens is 136 g/mol. The van der Waals surface area contributed by atoms with Gasteiger partial charge in [0.05, 0.1) is 0 Å². The van der Waals surface area contributed by atoms with E-state index in [1.165, 1.54) is 11.1 Å². The van der Waals surface area contributed by atoms with E-state index in [2.05, 4.69) is 29.6 Å². The molecule has 1 aliphatic rings. The second-order valence-electron chi connectivity index (χ2n) is 2.91. The summed E-state index contributed by atoms with van der Waals surface area (Å²) in [6.45, 7) is 1.76. The van der Waals surface area contributed by atoms with Gasteiger partial charge in [-0.25, -0.2) is 0 Å². The number of rotatable bonds is 2. The Morgan fingerprint density at radius 3 is 2.45 bits per heavy atom. The van der Waals surface area contributed by atoms with Crippen LogP contribution >= 0.6 is 0 Å². The fourth-order valence-electron chi connectivity index (χ4n) is 1.18. The average molecular weight is 148 g/mol. The van der Waals surface area contributed by atoms with E-state index in [0.717, 1.165) is 6.54 Å². The van der Waals surface area contributed by atoms with Crippen LogP contribution in [-0.4, -0.2) is 6.54 Å². The van der Waals surface area contributed by atoms with Gasteiger partial charge in [-0.15, -0.1) is 0 Å². The van der Waals surface area contributed by atoms with Gasteiger partial charge in [0.2, 0.25) is 0 Å². The van der Waals surface area contributed by atoms with E-state index >= 15 is 0 Å². The van der Waals surface area contributed by atoms with Crippen LogP contribution < -0.4 is 11.1 Å².